The number of sulfonamides is 1. The first-order chi connectivity index (χ1) is 31.1. The van der Waals surface area contributed by atoms with E-state index in [4.69, 9.17) is 21.1 Å². The van der Waals surface area contributed by atoms with E-state index in [9.17, 15) is 28.1 Å². The number of anilines is 2. The van der Waals surface area contributed by atoms with E-state index in [2.05, 4.69) is 61.9 Å². The molecule has 1 unspecified atom stereocenters. The van der Waals surface area contributed by atoms with Crippen LogP contribution in [0, 0.1) is 15.5 Å². The summed E-state index contributed by atoms with van der Waals surface area (Å²) in [5.41, 5.74) is 3.92. The summed E-state index contributed by atoms with van der Waals surface area (Å²) in [6.45, 7) is 9.53. The van der Waals surface area contributed by atoms with Crippen LogP contribution in [0.5, 0.6) is 0 Å². The number of hydrogen-bond acceptors (Lipinski definition) is 12. The summed E-state index contributed by atoms with van der Waals surface area (Å²) < 4.78 is 44.1. The van der Waals surface area contributed by atoms with E-state index in [1.165, 1.54) is 28.0 Å². The standard InChI is InChI=1S/C46H50ClN9O8S/c1-46(2)14-12-31(37(25-46)29-4-6-32(47)7-5-29)27-53-16-18-54(19-17-53)33-8-11-39(55-41-22-30-13-15-48-43(30)50-42(41)45(58)52(55)3)36(23-33)44(57)51-65(61,62)35-9-10-38(40(24-35)56(59)60)49-26-34-28-63-20-21-64-34/h4-13,15,22-24,34,37,49H,14,16-21,25-28H2,1-3H3,(H,48,50)(H,51,57)/t34-,37?/m0/s1. The molecule has 3 aromatic heterocycles. The predicted molar refractivity (Wildman–Crippen MR) is 249 cm³/mol. The Morgan fingerprint density at radius 1 is 1.03 bits per heavy atom. The molecule has 0 radical (unpaired) electrons. The number of carbonyl (C=O) groups is 1. The molecule has 2 atom stereocenters. The highest BCUT2D eigenvalue weighted by molar-refractivity contribution is 7.90. The second-order valence-electron chi connectivity index (χ2n) is 17.7. The van der Waals surface area contributed by atoms with E-state index in [1.54, 1.807) is 36.1 Å². The van der Waals surface area contributed by atoms with Crippen LogP contribution in [0.3, 0.4) is 0 Å². The van der Waals surface area contributed by atoms with Crippen molar-refractivity contribution in [3.63, 3.8) is 0 Å². The van der Waals surface area contributed by atoms with Gasteiger partial charge in [-0.05, 0) is 78.4 Å². The summed E-state index contributed by atoms with van der Waals surface area (Å²) in [7, 11) is -3.13. The molecule has 340 valence electrons. The molecule has 2 aliphatic heterocycles. The van der Waals surface area contributed by atoms with Gasteiger partial charge in [0.25, 0.3) is 27.2 Å². The van der Waals surface area contributed by atoms with Gasteiger partial charge in [-0.1, -0.05) is 49.2 Å². The number of ether oxygens (including phenoxy) is 2. The molecule has 0 bridgehead atoms. The van der Waals surface area contributed by atoms with Gasteiger partial charge in [-0.15, -0.1) is 0 Å². The lowest BCUT2D eigenvalue weighted by molar-refractivity contribution is -0.384. The number of fused-ring (bicyclic) bond motifs is 2. The third kappa shape index (κ3) is 9.13. The fourth-order valence-corrected chi connectivity index (χ4v) is 10.2. The molecule has 9 rings (SSSR count). The van der Waals surface area contributed by atoms with Crippen LogP contribution in [0.1, 0.15) is 48.5 Å². The fourth-order valence-electron chi connectivity index (χ4n) is 9.11. The quantitative estimate of drug-likeness (QED) is 0.0698. The molecular weight excluding hydrogens is 874 g/mol. The molecule has 1 aliphatic carbocycles. The Morgan fingerprint density at radius 2 is 1.82 bits per heavy atom. The molecule has 3 N–H and O–H groups in total. The van der Waals surface area contributed by atoms with E-state index in [0.29, 0.717) is 54.8 Å². The Hall–Kier alpha value is -6.05. The number of rotatable bonds is 12. The molecule has 65 heavy (non-hydrogen) atoms. The summed E-state index contributed by atoms with van der Waals surface area (Å²) in [5, 5.41) is 16.6. The summed E-state index contributed by atoms with van der Waals surface area (Å²) in [6.07, 6.45) is 5.80. The van der Waals surface area contributed by atoms with E-state index >= 15 is 0 Å². The number of pyridine rings is 1. The maximum absolute atomic E-state index is 14.5. The van der Waals surface area contributed by atoms with Crippen molar-refractivity contribution >= 4 is 66.7 Å². The number of nitro benzene ring substituents is 1. The summed E-state index contributed by atoms with van der Waals surface area (Å²) in [5.74, 6) is -0.717. The zero-order valence-corrected chi connectivity index (χ0v) is 37.8. The largest absolute Gasteiger partial charge is 0.377 e. The van der Waals surface area contributed by atoms with Crippen LogP contribution in [-0.4, -0.2) is 109 Å². The highest BCUT2D eigenvalue weighted by Crippen LogP contribution is 2.44. The Bertz CT molecular complexity index is 3000. The van der Waals surface area contributed by atoms with E-state index < -0.39 is 37.0 Å². The Labute approximate surface area is 380 Å². The number of aromatic nitrogens is 4. The monoisotopic (exact) mass is 923 g/mol. The van der Waals surface area contributed by atoms with Gasteiger partial charge in [-0.25, -0.2) is 27.5 Å². The molecule has 6 aromatic rings. The first kappa shape index (κ1) is 44.2. The van der Waals surface area contributed by atoms with Crippen LogP contribution in [-0.2, 0) is 26.5 Å². The van der Waals surface area contributed by atoms with Gasteiger partial charge in [0.2, 0.25) is 0 Å². The van der Waals surface area contributed by atoms with Crippen LogP contribution in [0.15, 0.2) is 100 Å². The van der Waals surface area contributed by atoms with Crippen molar-refractivity contribution in [3.05, 3.63) is 127 Å². The van der Waals surface area contributed by atoms with Crippen molar-refractivity contribution in [3.8, 4) is 5.69 Å². The maximum Gasteiger partial charge on any atom is 0.293 e. The normalized spacial score (nSPS) is 19.3. The predicted octanol–water partition coefficient (Wildman–Crippen LogP) is 6.37. The van der Waals surface area contributed by atoms with Crippen LogP contribution in [0.25, 0.3) is 27.8 Å². The Balaban J connectivity index is 1.00. The number of aromatic amines is 1. The van der Waals surface area contributed by atoms with Gasteiger partial charge in [-0.3, -0.25) is 24.6 Å². The van der Waals surface area contributed by atoms with E-state index in [-0.39, 0.29) is 46.4 Å². The summed E-state index contributed by atoms with van der Waals surface area (Å²) in [4.78, 5) is 51.3. The minimum absolute atomic E-state index is 0.0431. The second-order valence-corrected chi connectivity index (χ2v) is 19.8. The number of carbonyl (C=O) groups excluding carboxylic acids is 1. The first-order valence-corrected chi connectivity index (χ1v) is 23.4. The SMILES string of the molecule is Cn1c(=O)c2nc3[nH]ccc3cc2n1-c1ccc(N2CCN(CC3=CCC(C)(C)CC3c3ccc(Cl)cc3)CC2)cc1C(=O)NS(=O)(=O)c1ccc(NC[C@H]2COCCO2)c([N+](=O)[O-])c1. The first-order valence-electron chi connectivity index (χ1n) is 21.5. The molecule has 0 saturated carbocycles. The van der Waals surface area contributed by atoms with E-state index in [1.807, 2.05) is 24.3 Å². The molecule has 1 amide bonds. The Morgan fingerprint density at radius 3 is 2.55 bits per heavy atom. The van der Waals surface area contributed by atoms with Crippen molar-refractivity contribution < 1.29 is 27.6 Å². The minimum Gasteiger partial charge on any atom is -0.377 e. The fraction of sp³-hybridized carbons (Fsp3) is 0.370. The third-order valence-corrected chi connectivity index (χ3v) is 14.2. The van der Waals surface area contributed by atoms with Gasteiger partial charge >= 0.3 is 0 Å². The smallest absolute Gasteiger partial charge is 0.293 e. The summed E-state index contributed by atoms with van der Waals surface area (Å²) in [6, 6.07) is 20.3. The molecule has 5 heterocycles. The molecule has 2 saturated heterocycles. The van der Waals surface area contributed by atoms with Crippen LogP contribution in [0.2, 0.25) is 5.02 Å². The number of piperazine rings is 1. The molecule has 0 spiro atoms. The van der Waals surface area contributed by atoms with Crippen LogP contribution < -0.4 is 20.5 Å². The number of amides is 1. The lowest BCUT2D eigenvalue weighted by atomic mass is 9.70. The average molecular weight is 924 g/mol. The van der Waals surface area contributed by atoms with Gasteiger partial charge in [0.15, 0.2) is 5.52 Å². The van der Waals surface area contributed by atoms with Crippen LogP contribution in [0.4, 0.5) is 17.1 Å². The molecular formula is C46H50ClN9O8S. The van der Waals surface area contributed by atoms with Gasteiger partial charge in [0.1, 0.15) is 11.3 Å². The van der Waals surface area contributed by atoms with Gasteiger partial charge in [-0.2, -0.15) is 0 Å². The zero-order chi connectivity index (χ0) is 45.6. The highest BCUT2D eigenvalue weighted by atomic mass is 35.5. The number of H-pyrrole nitrogens is 1. The average Bonchev–Trinajstić information content (AvgIpc) is 3.86. The number of nitrogens with one attached hydrogen (secondary N) is 3. The zero-order valence-electron chi connectivity index (χ0n) is 36.3. The Kier molecular flexibility index (Phi) is 12.0. The topological polar surface area (TPSA) is 199 Å². The highest BCUT2D eigenvalue weighted by Gasteiger charge is 2.33. The maximum atomic E-state index is 14.5. The third-order valence-electron chi connectivity index (χ3n) is 12.6. The minimum atomic E-state index is -4.68. The van der Waals surface area contributed by atoms with Crippen molar-refractivity contribution in [2.45, 2.75) is 43.6 Å². The van der Waals surface area contributed by atoms with Gasteiger partial charge in [0, 0.05) is 80.6 Å². The second kappa shape index (κ2) is 17.7. The van der Waals surface area contributed by atoms with Crippen molar-refractivity contribution in [2.75, 3.05) is 69.3 Å². The van der Waals surface area contributed by atoms with E-state index in [0.717, 1.165) is 43.9 Å². The van der Waals surface area contributed by atoms with Gasteiger partial charge in [0.05, 0.1) is 52.5 Å². The number of halogens is 1. The molecule has 17 nitrogen and oxygen atoms in total. The van der Waals surface area contributed by atoms with Crippen molar-refractivity contribution in [1.29, 1.82) is 0 Å². The number of hydrogen-bond donors (Lipinski definition) is 3. The molecule has 3 aromatic carbocycles. The number of allylic oxidation sites excluding steroid dienone is 1. The van der Waals surface area contributed by atoms with Gasteiger partial charge < -0.3 is 24.7 Å². The lowest BCUT2D eigenvalue weighted by Crippen LogP contribution is -2.47. The number of benzene rings is 3. The molecule has 19 heteroatoms. The molecule has 2 fully saturated rings. The summed E-state index contributed by atoms with van der Waals surface area (Å²) >= 11 is 6.25. The van der Waals surface area contributed by atoms with Crippen LogP contribution >= 0.6 is 11.6 Å². The lowest BCUT2D eigenvalue weighted by Gasteiger charge is -2.40. The number of nitrogens with zero attached hydrogens (tertiary/aromatic N) is 6. The number of nitro groups is 1. The van der Waals surface area contributed by atoms with Crippen molar-refractivity contribution in [2.24, 2.45) is 12.5 Å². The van der Waals surface area contributed by atoms with Crippen molar-refractivity contribution in [1.82, 2.24) is 29.0 Å². The molecule has 3 aliphatic rings.